The van der Waals surface area contributed by atoms with E-state index in [1.807, 2.05) is 50.2 Å². The molecule has 0 saturated carbocycles. The molecular weight excluding hydrogens is 402 g/mol. The van der Waals surface area contributed by atoms with Gasteiger partial charge in [0.15, 0.2) is 0 Å². The third kappa shape index (κ3) is 4.22. The predicted octanol–water partition coefficient (Wildman–Crippen LogP) is 4.50. The predicted molar refractivity (Wildman–Crippen MR) is 119 cm³/mol. The molecule has 30 heavy (non-hydrogen) atoms. The van der Waals surface area contributed by atoms with Crippen molar-refractivity contribution in [3.63, 3.8) is 0 Å². The first-order chi connectivity index (χ1) is 14.4. The van der Waals surface area contributed by atoms with Gasteiger partial charge in [-0.2, -0.15) is 11.0 Å². The Labute approximate surface area is 180 Å². The summed E-state index contributed by atoms with van der Waals surface area (Å²) in [6.07, 6.45) is 0.630. The highest BCUT2D eigenvalue weighted by Crippen LogP contribution is 2.29. The molecule has 8 heteroatoms. The van der Waals surface area contributed by atoms with Gasteiger partial charge >= 0.3 is 0 Å². The Bertz CT molecular complexity index is 1120. The van der Waals surface area contributed by atoms with Crippen LogP contribution in [0.25, 0.3) is 17.0 Å². The van der Waals surface area contributed by atoms with Crippen LogP contribution < -0.4 is 5.90 Å². The van der Waals surface area contributed by atoms with E-state index in [4.69, 9.17) is 22.3 Å². The van der Waals surface area contributed by atoms with Gasteiger partial charge in [0.05, 0.1) is 17.1 Å². The molecule has 0 bridgehead atoms. The Hall–Kier alpha value is -3.16. The zero-order valence-electron chi connectivity index (χ0n) is 17.2. The molecule has 2 heterocycles. The maximum Gasteiger partial charge on any atom is 0.265 e. The number of aromatic nitrogens is 3. The van der Waals surface area contributed by atoms with Crippen LogP contribution >= 0.6 is 11.6 Å². The topological polar surface area (TPSA) is 98.6 Å². The maximum absolute atomic E-state index is 9.95. The van der Waals surface area contributed by atoms with E-state index in [1.165, 1.54) is 0 Å². The summed E-state index contributed by atoms with van der Waals surface area (Å²) >= 11 is 6.36. The standard InChI is InChI=1S/C22H24ClN5O2/c1-5-15-11-17(13(3)25-21(15)29)14(4)26-22(30-24)19-12-20(28(6-2)27-19)16-9-7-8-10-18(16)23/h7-12H,4-6,24H2,1-3H3,(H,25,29)/b26-22-. The number of aryl methyl sites for hydroxylation is 3. The average molecular weight is 426 g/mol. The number of hydrogen-bond acceptors (Lipinski definition) is 6. The van der Waals surface area contributed by atoms with Crippen LogP contribution in [0.4, 0.5) is 0 Å². The van der Waals surface area contributed by atoms with Crippen molar-refractivity contribution in [2.45, 2.75) is 33.7 Å². The van der Waals surface area contributed by atoms with E-state index in [-0.39, 0.29) is 11.8 Å². The van der Waals surface area contributed by atoms with Crippen LogP contribution in [-0.2, 0) is 17.8 Å². The van der Waals surface area contributed by atoms with E-state index in [2.05, 4.69) is 21.7 Å². The van der Waals surface area contributed by atoms with E-state index in [1.54, 1.807) is 11.6 Å². The second-order valence-corrected chi connectivity index (χ2v) is 7.06. The fraction of sp³-hybridized carbons (Fsp3) is 0.227. The molecule has 0 aliphatic heterocycles. The lowest BCUT2D eigenvalue weighted by Crippen LogP contribution is -2.13. The number of aliphatic imine (C=N–C) groups is 1. The lowest BCUT2D eigenvalue weighted by molar-refractivity contribution is 0.321. The van der Waals surface area contributed by atoms with Crippen molar-refractivity contribution >= 4 is 23.2 Å². The van der Waals surface area contributed by atoms with Gasteiger partial charge in [0.2, 0.25) is 5.88 Å². The molecule has 0 aliphatic carbocycles. The van der Waals surface area contributed by atoms with Crippen molar-refractivity contribution in [1.82, 2.24) is 14.8 Å². The Morgan fingerprint density at radius 3 is 2.67 bits per heavy atom. The van der Waals surface area contributed by atoms with Crippen molar-refractivity contribution in [3.8, 4) is 17.1 Å². The average Bonchev–Trinajstić information content (AvgIpc) is 3.16. The van der Waals surface area contributed by atoms with E-state index < -0.39 is 0 Å². The summed E-state index contributed by atoms with van der Waals surface area (Å²) in [5.41, 5.74) is 4.53. The van der Waals surface area contributed by atoms with Crippen LogP contribution in [0.5, 0.6) is 5.88 Å². The van der Waals surface area contributed by atoms with Gasteiger partial charge < -0.3 is 9.94 Å². The van der Waals surface area contributed by atoms with Crippen molar-refractivity contribution in [2.75, 3.05) is 0 Å². The normalized spacial score (nSPS) is 11.6. The van der Waals surface area contributed by atoms with Crippen LogP contribution in [0.15, 0.2) is 48.0 Å². The number of nitrogens with two attached hydrogens (primary N) is 1. The van der Waals surface area contributed by atoms with E-state index in [0.29, 0.717) is 46.2 Å². The first-order valence-corrected chi connectivity index (χ1v) is 9.94. The number of nitrogens with zero attached hydrogens (tertiary/aromatic N) is 4. The molecule has 3 aromatic rings. The molecule has 0 saturated heterocycles. The van der Waals surface area contributed by atoms with Crippen LogP contribution in [0.2, 0.25) is 5.02 Å². The van der Waals surface area contributed by atoms with Gasteiger partial charge in [-0.3, -0.25) is 4.68 Å². The van der Waals surface area contributed by atoms with Gasteiger partial charge in [0.25, 0.3) is 5.90 Å². The van der Waals surface area contributed by atoms with Crippen molar-refractivity contribution < 1.29 is 9.94 Å². The molecule has 0 spiro atoms. The number of hydrogen-bond donors (Lipinski definition) is 2. The molecule has 156 valence electrons. The molecule has 1 aromatic carbocycles. The number of pyridine rings is 1. The van der Waals surface area contributed by atoms with Crippen LogP contribution in [0.3, 0.4) is 0 Å². The quantitative estimate of drug-likeness (QED) is 0.344. The first kappa shape index (κ1) is 21.5. The number of rotatable bonds is 6. The number of aromatic hydroxyl groups is 1. The molecule has 0 radical (unpaired) electrons. The van der Waals surface area contributed by atoms with Gasteiger partial charge in [-0.25, -0.2) is 9.98 Å². The molecule has 3 rings (SSSR count). The van der Waals surface area contributed by atoms with Crippen molar-refractivity contribution in [3.05, 3.63) is 70.5 Å². The summed E-state index contributed by atoms with van der Waals surface area (Å²) in [6, 6.07) is 11.2. The molecule has 0 amide bonds. The van der Waals surface area contributed by atoms with Gasteiger partial charge in [0, 0.05) is 28.3 Å². The van der Waals surface area contributed by atoms with Crippen LogP contribution in [-0.4, -0.2) is 25.8 Å². The van der Waals surface area contributed by atoms with E-state index in [9.17, 15) is 5.11 Å². The maximum atomic E-state index is 9.95. The Morgan fingerprint density at radius 1 is 1.30 bits per heavy atom. The molecule has 2 aromatic heterocycles. The summed E-state index contributed by atoms with van der Waals surface area (Å²) < 4.78 is 1.80. The van der Waals surface area contributed by atoms with E-state index >= 15 is 0 Å². The molecule has 7 nitrogen and oxygen atoms in total. The summed E-state index contributed by atoms with van der Waals surface area (Å²) in [5, 5.41) is 15.1. The van der Waals surface area contributed by atoms with Crippen molar-refractivity contribution in [2.24, 2.45) is 10.9 Å². The minimum absolute atomic E-state index is 0.0110. The summed E-state index contributed by atoms with van der Waals surface area (Å²) in [6.45, 7) is 10.3. The molecule has 0 atom stereocenters. The fourth-order valence-corrected chi connectivity index (χ4v) is 3.39. The Morgan fingerprint density at radius 2 is 2.03 bits per heavy atom. The zero-order chi connectivity index (χ0) is 21.8. The highest BCUT2D eigenvalue weighted by atomic mass is 35.5. The molecule has 0 unspecified atom stereocenters. The van der Waals surface area contributed by atoms with Gasteiger partial charge in [-0.05, 0) is 38.5 Å². The van der Waals surface area contributed by atoms with Gasteiger partial charge in [-0.1, -0.05) is 43.3 Å². The number of benzene rings is 1. The smallest absolute Gasteiger partial charge is 0.265 e. The third-order valence-electron chi connectivity index (χ3n) is 4.76. The summed E-state index contributed by atoms with van der Waals surface area (Å²) in [7, 11) is 0. The zero-order valence-corrected chi connectivity index (χ0v) is 17.9. The second-order valence-electron chi connectivity index (χ2n) is 6.65. The van der Waals surface area contributed by atoms with Crippen molar-refractivity contribution in [1.29, 1.82) is 0 Å². The first-order valence-electron chi connectivity index (χ1n) is 9.56. The highest BCUT2D eigenvalue weighted by molar-refractivity contribution is 6.33. The lowest BCUT2D eigenvalue weighted by atomic mass is 10.1. The molecule has 3 N–H and O–H groups in total. The number of halogens is 1. The Balaban J connectivity index is 2.03. The minimum atomic E-state index is 0.0110. The second kappa shape index (κ2) is 9.11. The molecular formula is C22H24ClN5O2. The molecule has 0 aliphatic rings. The van der Waals surface area contributed by atoms with E-state index in [0.717, 1.165) is 11.3 Å². The van der Waals surface area contributed by atoms with Crippen LogP contribution in [0, 0.1) is 6.92 Å². The van der Waals surface area contributed by atoms with Gasteiger partial charge in [-0.15, -0.1) is 0 Å². The monoisotopic (exact) mass is 425 g/mol. The minimum Gasteiger partial charge on any atom is -0.493 e. The Kier molecular flexibility index (Phi) is 6.54. The van der Waals surface area contributed by atoms with Gasteiger partial charge in [0.1, 0.15) is 5.69 Å². The summed E-state index contributed by atoms with van der Waals surface area (Å²) in [5.74, 6) is 5.64. The fourth-order valence-electron chi connectivity index (χ4n) is 3.16. The lowest BCUT2D eigenvalue weighted by Gasteiger charge is -2.09. The van der Waals surface area contributed by atoms with Crippen LogP contribution in [0.1, 0.15) is 36.4 Å². The largest absolute Gasteiger partial charge is 0.493 e. The third-order valence-corrected chi connectivity index (χ3v) is 5.09. The molecule has 0 fully saturated rings. The summed E-state index contributed by atoms with van der Waals surface area (Å²) in [4.78, 5) is 13.7. The SMILES string of the molecule is C=C(/N=C(\ON)c1cc(-c2ccccc2Cl)n(CC)n1)c1cc(CC)c(O)nc1C. The highest BCUT2D eigenvalue weighted by Gasteiger charge is 2.18.